The molecule has 1 aromatic heterocycles. The van der Waals surface area contributed by atoms with Gasteiger partial charge < -0.3 is 9.73 Å². The summed E-state index contributed by atoms with van der Waals surface area (Å²) in [7, 11) is 0. The molecule has 0 unspecified atom stereocenters. The molecular weight excluding hydrogens is 252 g/mol. The van der Waals surface area contributed by atoms with Gasteiger partial charge in [-0.2, -0.15) is 0 Å². The second-order valence-electron chi connectivity index (χ2n) is 4.62. The molecule has 100 valence electrons. The molecule has 1 aromatic carbocycles. The lowest BCUT2D eigenvalue weighted by atomic mass is 10.1. The summed E-state index contributed by atoms with van der Waals surface area (Å²) in [6, 6.07) is 9.43. The number of fused-ring (bicyclic) bond motifs is 1. The largest absolute Gasteiger partial charge is 0.468 e. The van der Waals surface area contributed by atoms with E-state index in [4.69, 9.17) is 4.42 Å². The van der Waals surface area contributed by atoms with Gasteiger partial charge in [-0.3, -0.25) is 4.79 Å². The highest BCUT2D eigenvalue weighted by molar-refractivity contribution is 6.00. The molecule has 4 heteroatoms. The molecule has 1 aliphatic heterocycles. The van der Waals surface area contributed by atoms with Crippen LogP contribution in [0.25, 0.3) is 12.7 Å². The van der Waals surface area contributed by atoms with E-state index in [1.807, 2.05) is 36.4 Å². The number of hydrogen-bond donors (Lipinski definition) is 1. The Morgan fingerprint density at radius 2 is 2.10 bits per heavy atom. The summed E-state index contributed by atoms with van der Waals surface area (Å²) >= 11 is 0. The highest BCUT2D eigenvalue weighted by Crippen LogP contribution is 2.08. The van der Waals surface area contributed by atoms with Crippen LogP contribution in [-0.2, 0) is 11.3 Å². The number of nitrogens with zero attached hydrogens (tertiary/aromatic N) is 1. The van der Waals surface area contributed by atoms with Crippen LogP contribution < -0.4 is 15.9 Å². The molecule has 0 atom stereocenters. The molecule has 0 bridgehead atoms. The summed E-state index contributed by atoms with van der Waals surface area (Å²) in [6.07, 6.45) is 3.50. The first kappa shape index (κ1) is 12.6. The van der Waals surface area contributed by atoms with Gasteiger partial charge in [-0.1, -0.05) is 24.8 Å². The van der Waals surface area contributed by atoms with Crippen molar-refractivity contribution in [3.05, 3.63) is 64.1 Å². The maximum absolute atomic E-state index is 12.0. The van der Waals surface area contributed by atoms with E-state index in [1.54, 1.807) is 6.26 Å². The normalized spacial score (nSPS) is 13.6. The molecule has 2 heterocycles. The molecule has 0 spiro atoms. The maximum Gasteiger partial charge on any atom is 0.274 e. The van der Waals surface area contributed by atoms with Gasteiger partial charge in [0.1, 0.15) is 5.76 Å². The number of amides is 1. The smallest absolute Gasteiger partial charge is 0.274 e. The minimum absolute atomic E-state index is 0.208. The van der Waals surface area contributed by atoms with E-state index in [2.05, 4.69) is 16.9 Å². The van der Waals surface area contributed by atoms with Crippen molar-refractivity contribution in [3.8, 4) is 0 Å². The predicted molar refractivity (Wildman–Crippen MR) is 76.1 cm³/mol. The quantitative estimate of drug-likeness (QED) is 0.899. The fourth-order valence-electron chi connectivity index (χ4n) is 2.15. The molecule has 2 aromatic rings. The lowest BCUT2D eigenvalue weighted by molar-refractivity contribution is -0.114. The number of carbonyl (C=O) groups excluding carboxylic acids is 1. The van der Waals surface area contributed by atoms with Crippen LogP contribution in [0.4, 0.5) is 0 Å². The van der Waals surface area contributed by atoms with E-state index in [9.17, 15) is 4.79 Å². The number of furan rings is 1. The summed E-state index contributed by atoms with van der Waals surface area (Å²) in [5, 5.41) is 4.62. The fourth-order valence-corrected chi connectivity index (χ4v) is 2.15. The van der Waals surface area contributed by atoms with E-state index < -0.39 is 0 Å². The van der Waals surface area contributed by atoms with E-state index in [0.29, 0.717) is 24.0 Å². The molecule has 1 N–H and O–H groups in total. The summed E-state index contributed by atoms with van der Waals surface area (Å²) in [4.78, 5) is 16.1. The third-order valence-corrected chi connectivity index (χ3v) is 3.16. The molecule has 20 heavy (non-hydrogen) atoms. The number of rotatable bonds is 4. The Balaban J connectivity index is 1.76. The standard InChI is InChI=1S/C16H14N2O2/c1-11-4-2-5-12-8-13(16(19)18-15(11)12)9-17-10-14-6-3-7-20-14/h2-8,17H,1,9-10H2. The second-order valence-corrected chi connectivity index (χ2v) is 4.62. The van der Waals surface area contributed by atoms with E-state index in [-0.39, 0.29) is 5.91 Å². The van der Waals surface area contributed by atoms with Gasteiger partial charge in [0.05, 0.1) is 18.2 Å². The van der Waals surface area contributed by atoms with Gasteiger partial charge in [0.2, 0.25) is 0 Å². The first-order valence-electron chi connectivity index (χ1n) is 6.39. The highest BCUT2D eigenvalue weighted by Gasteiger charge is 2.13. The molecule has 0 fully saturated rings. The average molecular weight is 266 g/mol. The van der Waals surface area contributed by atoms with E-state index in [1.165, 1.54) is 0 Å². The monoisotopic (exact) mass is 266 g/mol. The Labute approximate surface area is 116 Å². The van der Waals surface area contributed by atoms with Crippen LogP contribution in [0.5, 0.6) is 0 Å². The lowest BCUT2D eigenvalue weighted by Crippen LogP contribution is -2.32. The minimum Gasteiger partial charge on any atom is -0.468 e. The summed E-state index contributed by atoms with van der Waals surface area (Å²) in [6.45, 7) is 4.93. The number of para-hydroxylation sites is 1. The van der Waals surface area contributed by atoms with Gasteiger partial charge >= 0.3 is 0 Å². The van der Waals surface area contributed by atoms with Crippen LogP contribution in [0, 0.1) is 0 Å². The molecule has 0 saturated carbocycles. The Hall–Kier alpha value is -2.46. The van der Waals surface area contributed by atoms with Crippen LogP contribution in [0.3, 0.4) is 0 Å². The van der Waals surface area contributed by atoms with Crippen molar-refractivity contribution in [2.24, 2.45) is 4.99 Å². The summed E-state index contributed by atoms with van der Waals surface area (Å²) in [5.41, 5.74) is 1.58. The first-order valence-corrected chi connectivity index (χ1v) is 6.39. The van der Waals surface area contributed by atoms with Gasteiger partial charge in [0.15, 0.2) is 0 Å². The summed E-state index contributed by atoms with van der Waals surface area (Å²) < 4.78 is 5.22. The van der Waals surface area contributed by atoms with Gasteiger partial charge in [0, 0.05) is 17.7 Å². The van der Waals surface area contributed by atoms with Gasteiger partial charge in [0.25, 0.3) is 5.91 Å². The molecule has 0 saturated heterocycles. The van der Waals surface area contributed by atoms with Crippen LogP contribution >= 0.6 is 0 Å². The topological polar surface area (TPSA) is 54.6 Å². The fraction of sp³-hybridized carbons (Fsp3) is 0.125. The van der Waals surface area contributed by atoms with Crippen molar-refractivity contribution in [2.75, 3.05) is 6.54 Å². The third-order valence-electron chi connectivity index (χ3n) is 3.16. The van der Waals surface area contributed by atoms with Gasteiger partial charge in [-0.05, 0) is 23.4 Å². The summed E-state index contributed by atoms with van der Waals surface area (Å²) in [5.74, 6) is 0.631. The van der Waals surface area contributed by atoms with Gasteiger partial charge in [-0.25, -0.2) is 4.99 Å². The number of hydrogen-bond acceptors (Lipinski definition) is 3. The Bertz CT molecular complexity index is 773. The Morgan fingerprint density at radius 3 is 2.90 bits per heavy atom. The highest BCUT2D eigenvalue weighted by atomic mass is 16.3. The molecule has 0 radical (unpaired) electrons. The molecule has 0 aliphatic carbocycles. The zero-order valence-electron chi connectivity index (χ0n) is 10.9. The average Bonchev–Trinajstić information content (AvgIpc) is 2.94. The van der Waals surface area contributed by atoms with Crippen LogP contribution in [0.1, 0.15) is 11.3 Å². The first-order chi connectivity index (χ1) is 9.74. The maximum atomic E-state index is 12.0. The second kappa shape index (κ2) is 5.27. The zero-order valence-corrected chi connectivity index (χ0v) is 10.9. The zero-order chi connectivity index (χ0) is 13.9. The van der Waals surface area contributed by atoms with Crippen molar-refractivity contribution in [1.29, 1.82) is 0 Å². The van der Waals surface area contributed by atoms with Gasteiger partial charge in [-0.15, -0.1) is 0 Å². The van der Waals surface area contributed by atoms with Crippen molar-refractivity contribution < 1.29 is 9.21 Å². The minimum atomic E-state index is -0.208. The third kappa shape index (κ3) is 2.46. The molecule has 4 nitrogen and oxygen atoms in total. The predicted octanol–water partition coefficient (Wildman–Crippen LogP) is 1.02. The Kier molecular flexibility index (Phi) is 3.31. The van der Waals surface area contributed by atoms with E-state index >= 15 is 0 Å². The molecule has 3 rings (SSSR count). The molecular formula is C16H14N2O2. The van der Waals surface area contributed by atoms with Crippen molar-refractivity contribution in [1.82, 2.24) is 5.32 Å². The van der Waals surface area contributed by atoms with Crippen LogP contribution in [0.2, 0.25) is 0 Å². The van der Waals surface area contributed by atoms with Crippen LogP contribution in [0.15, 0.2) is 51.6 Å². The number of nitrogens with one attached hydrogen (secondary N) is 1. The molecule has 1 aliphatic rings. The van der Waals surface area contributed by atoms with Crippen molar-refractivity contribution in [2.45, 2.75) is 6.54 Å². The molecule has 1 amide bonds. The number of benzene rings is 1. The van der Waals surface area contributed by atoms with Crippen LogP contribution in [-0.4, -0.2) is 12.5 Å². The van der Waals surface area contributed by atoms with Crippen molar-refractivity contribution in [3.63, 3.8) is 0 Å². The van der Waals surface area contributed by atoms with Crippen molar-refractivity contribution >= 4 is 18.6 Å². The van der Waals surface area contributed by atoms with E-state index in [0.717, 1.165) is 16.5 Å². The SMILES string of the molecule is C=c1cccc2c1=NC(=O)C(CNCc1ccco1)=C2. The Morgan fingerprint density at radius 1 is 1.20 bits per heavy atom. The lowest BCUT2D eigenvalue weighted by Gasteiger charge is -2.09. The number of carbonyl (C=O) groups is 1.